The Hall–Kier alpha value is -1.38. The molecule has 19 heavy (non-hydrogen) atoms. The second-order valence-corrected chi connectivity index (χ2v) is 5.18. The van der Waals surface area contributed by atoms with Gasteiger partial charge in [-0.25, -0.2) is 0 Å². The molecule has 0 aliphatic carbocycles. The Bertz CT molecular complexity index is 472. The van der Waals surface area contributed by atoms with Gasteiger partial charge in [-0.2, -0.15) is 0 Å². The van der Waals surface area contributed by atoms with E-state index in [0.717, 1.165) is 31.9 Å². The van der Waals surface area contributed by atoms with Crippen molar-refractivity contribution in [2.45, 2.75) is 19.9 Å². The van der Waals surface area contributed by atoms with E-state index < -0.39 is 0 Å². The van der Waals surface area contributed by atoms with Crippen LogP contribution in [0.3, 0.4) is 0 Å². The predicted octanol–water partition coefficient (Wildman–Crippen LogP) is 3.45. The summed E-state index contributed by atoms with van der Waals surface area (Å²) in [5.74, 6) is 0. The fourth-order valence-corrected chi connectivity index (χ4v) is 2.55. The lowest BCUT2D eigenvalue weighted by Gasteiger charge is -2.34. The Morgan fingerprint density at radius 1 is 1.16 bits per heavy atom. The first kappa shape index (κ1) is 14.0. The molecule has 1 unspecified atom stereocenters. The van der Waals surface area contributed by atoms with E-state index in [4.69, 9.17) is 4.74 Å². The van der Waals surface area contributed by atoms with Gasteiger partial charge in [0.05, 0.1) is 13.2 Å². The van der Waals surface area contributed by atoms with Crippen molar-refractivity contribution in [3.63, 3.8) is 0 Å². The fourth-order valence-electron chi connectivity index (χ4n) is 2.55. The molecule has 0 amide bonds. The van der Waals surface area contributed by atoms with Gasteiger partial charge in [-0.15, -0.1) is 0 Å². The Morgan fingerprint density at radius 3 is 2.32 bits per heavy atom. The summed E-state index contributed by atoms with van der Waals surface area (Å²) in [5.41, 5.74) is 4.67. The smallest absolute Gasteiger partial charge is 0.0594 e. The van der Waals surface area contributed by atoms with Gasteiger partial charge in [-0.05, 0) is 30.5 Å². The highest BCUT2D eigenvalue weighted by Gasteiger charge is 2.21. The molecule has 0 aromatic heterocycles. The van der Waals surface area contributed by atoms with Crippen molar-refractivity contribution in [2.75, 3.05) is 26.3 Å². The quantitative estimate of drug-likeness (QED) is 0.819. The van der Waals surface area contributed by atoms with Gasteiger partial charge in [0, 0.05) is 19.1 Å². The maximum Gasteiger partial charge on any atom is 0.0594 e. The first-order valence-electron chi connectivity index (χ1n) is 6.87. The van der Waals surface area contributed by atoms with E-state index in [1.165, 1.54) is 16.7 Å². The lowest BCUT2D eigenvalue weighted by Crippen LogP contribution is -2.42. The third kappa shape index (κ3) is 3.14. The van der Waals surface area contributed by atoms with Gasteiger partial charge in [0.1, 0.15) is 0 Å². The summed E-state index contributed by atoms with van der Waals surface area (Å²) in [4.78, 5) is 2.43. The Labute approximate surface area is 116 Å². The molecule has 2 heteroatoms. The van der Waals surface area contributed by atoms with Crippen LogP contribution in [-0.4, -0.2) is 37.2 Å². The van der Waals surface area contributed by atoms with Crippen molar-refractivity contribution in [3.05, 3.63) is 48.6 Å². The summed E-state index contributed by atoms with van der Waals surface area (Å²) in [5, 5.41) is 0. The molecule has 0 saturated carbocycles. The van der Waals surface area contributed by atoms with Crippen molar-refractivity contribution in [1.29, 1.82) is 0 Å². The monoisotopic (exact) mass is 257 g/mol. The van der Waals surface area contributed by atoms with Gasteiger partial charge in [0.2, 0.25) is 0 Å². The minimum absolute atomic E-state index is 0.337. The Kier molecular flexibility index (Phi) is 4.56. The molecular formula is C17H23NO. The van der Waals surface area contributed by atoms with Crippen LogP contribution in [0.4, 0.5) is 0 Å². The number of hydrogen-bond acceptors (Lipinski definition) is 2. The SMILES string of the molecule is C=C(C)c1ccccc1C(=C)C(C)N1CCOCC1. The highest BCUT2D eigenvalue weighted by Crippen LogP contribution is 2.27. The molecule has 1 heterocycles. The van der Waals surface area contributed by atoms with E-state index in [2.05, 4.69) is 49.2 Å². The molecule has 0 bridgehead atoms. The van der Waals surface area contributed by atoms with E-state index in [-0.39, 0.29) is 0 Å². The van der Waals surface area contributed by atoms with Crippen molar-refractivity contribution in [3.8, 4) is 0 Å². The maximum absolute atomic E-state index is 5.41. The van der Waals surface area contributed by atoms with Crippen molar-refractivity contribution in [1.82, 2.24) is 4.90 Å². The molecule has 1 aromatic rings. The summed E-state index contributed by atoms with van der Waals surface area (Å²) in [6.45, 7) is 16.3. The highest BCUT2D eigenvalue weighted by atomic mass is 16.5. The summed E-state index contributed by atoms with van der Waals surface area (Å²) < 4.78 is 5.41. The minimum Gasteiger partial charge on any atom is -0.379 e. The van der Waals surface area contributed by atoms with Crippen molar-refractivity contribution < 1.29 is 4.74 Å². The largest absolute Gasteiger partial charge is 0.379 e. The number of allylic oxidation sites excluding steroid dienone is 1. The maximum atomic E-state index is 5.41. The fraction of sp³-hybridized carbons (Fsp3) is 0.412. The molecule has 2 nitrogen and oxygen atoms in total. The molecule has 1 fully saturated rings. The average Bonchev–Trinajstić information content (AvgIpc) is 2.46. The minimum atomic E-state index is 0.337. The topological polar surface area (TPSA) is 12.5 Å². The van der Waals surface area contributed by atoms with Crippen LogP contribution in [-0.2, 0) is 4.74 Å². The zero-order valence-electron chi connectivity index (χ0n) is 12.0. The van der Waals surface area contributed by atoms with E-state index >= 15 is 0 Å². The van der Waals surface area contributed by atoms with Crippen LogP contribution >= 0.6 is 0 Å². The third-order valence-electron chi connectivity index (χ3n) is 3.83. The molecule has 0 radical (unpaired) electrons. The summed E-state index contributed by atoms with van der Waals surface area (Å²) in [6, 6.07) is 8.72. The molecular weight excluding hydrogens is 234 g/mol. The van der Waals surface area contributed by atoms with Crippen LogP contribution in [0.15, 0.2) is 37.4 Å². The van der Waals surface area contributed by atoms with E-state index in [0.29, 0.717) is 6.04 Å². The molecule has 0 N–H and O–H groups in total. The van der Waals surface area contributed by atoms with E-state index in [1.54, 1.807) is 0 Å². The summed E-state index contributed by atoms with van der Waals surface area (Å²) >= 11 is 0. The van der Waals surface area contributed by atoms with Gasteiger partial charge >= 0.3 is 0 Å². The number of ether oxygens (including phenoxy) is 1. The highest BCUT2D eigenvalue weighted by molar-refractivity contribution is 5.79. The molecule has 2 rings (SSSR count). The molecule has 1 aliphatic rings. The number of nitrogens with zero attached hydrogens (tertiary/aromatic N) is 1. The number of benzene rings is 1. The van der Waals surface area contributed by atoms with Crippen LogP contribution in [0.1, 0.15) is 25.0 Å². The van der Waals surface area contributed by atoms with Crippen LogP contribution in [0.25, 0.3) is 11.1 Å². The Balaban J connectivity index is 2.21. The Morgan fingerprint density at radius 2 is 1.74 bits per heavy atom. The third-order valence-corrected chi connectivity index (χ3v) is 3.83. The van der Waals surface area contributed by atoms with Crippen LogP contribution < -0.4 is 0 Å². The van der Waals surface area contributed by atoms with Crippen molar-refractivity contribution in [2.24, 2.45) is 0 Å². The van der Waals surface area contributed by atoms with Gasteiger partial charge in [-0.3, -0.25) is 4.90 Å². The van der Waals surface area contributed by atoms with Gasteiger partial charge in [0.15, 0.2) is 0 Å². The number of hydrogen-bond donors (Lipinski definition) is 0. The standard InChI is InChI=1S/C17H23NO/c1-13(2)16-7-5-6-8-17(16)14(3)15(4)18-9-11-19-12-10-18/h5-8,15H,1,3,9-12H2,2,4H3. The average molecular weight is 257 g/mol. The molecule has 1 saturated heterocycles. The van der Waals surface area contributed by atoms with Gasteiger partial charge in [0.25, 0.3) is 0 Å². The molecule has 1 aromatic carbocycles. The second kappa shape index (κ2) is 6.18. The first-order chi connectivity index (χ1) is 9.11. The second-order valence-electron chi connectivity index (χ2n) is 5.18. The normalized spacial score (nSPS) is 18.0. The lowest BCUT2D eigenvalue weighted by atomic mass is 9.92. The zero-order valence-corrected chi connectivity index (χ0v) is 12.0. The molecule has 0 spiro atoms. The van der Waals surface area contributed by atoms with Crippen molar-refractivity contribution >= 4 is 11.1 Å². The number of rotatable bonds is 4. The predicted molar refractivity (Wildman–Crippen MR) is 82.0 cm³/mol. The zero-order chi connectivity index (χ0) is 13.8. The van der Waals surface area contributed by atoms with Gasteiger partial charge in [-0.1, -0.05) is 43.0 Å². The van der Waals surface area contributed by atoms with Gasteiger partial charge < -0.3 is 4.74 Å². The van der Waals surface area contributed by atoms with Crippen LogP contribution in [0.2, 0.25) is 0 Å². The summed E-state index contributed by atoms with van der Waals surface area (Å²) in [6.07, 6.45) is 0. The van der Waals surface area contributed by atoms with E-state index in [1.807, 2.05) is 6.92 Å². The van der Waals surface area contributed by atoms with Crippen LogP contribution in [0.5, 0.6) is 0 Å². The number of morpholine rings is 1. The molecule has 1 atom stereocenters. The van der Waals surface area contributed by atoms with E-state index in [9.17, 15) is 0 Å². The summed E-state index contributed by atoms with van der Waals surface area (Å²) in [7, 11) is 0. The molecule has 1 aliphatic heterocycles. The molecule has 102 valence electrons. The lowest BCUT2D eigenvalue weighted by molar-refractivity contribution is 0.0303. The van der Waals surface area contributed by atoms with Crippen LogP contribution in [0, 0.1) is 0 Å². The first-order valence-corrected chi connectivity index (χ1v) is 6.87.